The summed E-state index contributed by atoms with van der Waals surface area (Å²) in [6, 6.07) is 19.4. The molecule has 0 fully saturated rings. The van der Waals surface area contributed by atoms with Gasteiger partial charge in [0.15, 0.2) is 5.69 Å². The van der Waals surface area contributed by atoms with Gasteiger partial charge in [0.2, 0.25) is 0 Å². The van der Waals surface area contributed by atoms with Crippen LogP contribution in [0, 0.1) is 11.3 Å². The van der Waals surface area contributed by atoms with Gasteiger partial charge >= 0.3 is 0 Å². The molecular formula is C16H12N4O. The number of nitrogens with zero attached hydrogens (tertiary/aromatic N) is 3. The second-order valence-electron chi connectivity index (χ2n) is 4.43. The van der Waals surface area contributed by atoms with Crippen LogP contribution in [0.15, 0.2) is 54.6 Å². The van der Waals surface area contributed by atoms with Crippen LogP contribution in [-0.4, -0.2) is 15.4 Å². The van der Waals surface area contributed by atoms with Gasteiger partial charge in [-0.3, -0.25) is 0 Å². The molecule has 0 aliphatic rings. The number of H-pyrrole nitrogens is 1. The average Bonchev–Trinajstić information content (AvgIpc) is 3.03. The van der Waals surface area contributed by atoms with Gasteiger partial charge in [0.25, 0.3) is 0 Å². The van der Waals surface area contributed by atoms with Crippen LogP contribution < -0.4 is 4.74 Å². The zero-order valence-electron chi connectivity index (χ0n) is 11.2. The number of rotatable bonds is 4. The van der Waals surface area contributed by atoms with Crippen molar-refractivity contribution in [3.05, 3.63) is 65.9 Å². The van der Waals surface area contributed by atoms with E-state index in [0.717, 1.165) is 16.9 Å². The van der Waals surface area contributed by atoms with E-state index in [0.29, 0.717) is 12.3 Å². The molecule has 0 saturated carbocycles. The van der Waals surface area contributed by atoms with E-state index in [4.69, 9.17) is 10.00 Å². The van der Waals surface area contributed by atoms with E-state index in [1.807, 2.05) is 60.7 Å². The minimum Gasteiger partial charge on any atom is -0.489 e. The van der Waals surface area contributed by atoms with Crippen molar-refractivity contribution in [2.45, 2.75) is 6.61 Å². The van der Waals surface area contributed by atoms with Crippen molar-refractivity contribution < 1.29 is 4.74 Å². The van der Waals surface area contributed by atoms with Crippen molar-refractivity contribution in [1.29, 1.82) is 5.26 Å². The normalized spacial score (nSPS) is 10.0. The first-order chi connectivity index (χ1) is 10.4. The average molecular weight is 276 g/mol. The van der Waals surface area contributed by atoms with Gasteiger partial charge in [-0.05, 0) is 17.7 Å². The maximum atomic E-state index is 8.99. The van der Waals surface area contributed by atoms with E-state index in [-0.39, 0.29) is 5.69 Å². The molecule has 21 heavy (non-hydrogen) atoms. The highest BCUT2D eigenvalue weighted by Gasteiger charge is 2.10. The van der Waals surface area contributed by atoms with E-state index >= 15 is 0 Å². The molecule has 3 aromatic rings. The van der Waals surface area contributed by atoms with Crippen molar-refractivity contribution in [1.82, 2.24) is 15.4 Å². The molecule has 5 heteroatoms. The lowest BCUT2D eigenvalue weighted by atomic mass is 10.1. The predicted molar refractivity (Wildman–Crippen MR) is 77.3 cm³/mol. The number of aromatic nitrogens is 3. The molecule has 3 rings (SSSR count). The van der Waals surface area contributed by atoms with E-state index < -0.39 is 0 Å². The Morgan fingerprint density at radius 2 is 1.90 bits per heavy atom. The lowest BCUT2D eigenvalue weighted by molar-refractivity contribution is 0.306. The zero-order chi connectivity index (χ0) is 14.5. The van der Waals surface area contributed by atoms with Gasteiger partial charge in [0.1, 0.15) is 24.1 Å². The first kappa shape index (κ1) is 12.9. The molecule has 5 nitrogen and oxygen atoms in total. The summed E-state index contributed by atoms with van der Waals surface area (Å²) in [6.07, 6.45) is 0. The molecule has 1 heterocycles. The molecule has 0 atom stereocenters. The molecule has 0 saturated heterocycles. The largest absolute Gasteiger partial charge is 0.489 e. The number of nitrogens with one attached hydrogen (secondary N) is 1. The van der Waals surface area contributed by atoms with E-state index in [9.17, 15) is 0 Å². The topological polar surface area (TPSA) is 74.6 Å². The summed E-state index contributed by atoms with van der Waals surface area (Å²) in [6.45, 7) is 0.494. The third-order valence-corrected chi connectivity index (χ3v) is 3.01. The standard InChI is InChI=1S/C16H12N4O/c17-10-15-16(19-20-18-15)13-7-4-8-14(9-13)21-11-12-5-2-1-3-6-12/h1-9H,11H2,(H,18,19,20). The SMILES string of the molecule is N#Cc1n[nH]nc1-c1cccc(OCc2ccccc2)c1. The van der Waals surface area contributed by atoms with Crippen LogP contribution in [-0.2, 0) is 6.61 Å². The van der Waals surface area contributed by atoms with Gasteiger partial charge in [0, 0.05) is 5.56 Å². The maximum absolute atomic E-state index is 8.99. The fourth-order valence-electron chi connectivity index (χ4n) is 1.98. The third-order valence-electron chi connectivity index (χ3n) is 3.01. The lowest BCUT2D eigenvalue weighted by Gasteiger charge is -2.07. The summed E-state index contributed by atoms with van der Waals surface area (Å²) >= 11 is 0. The van der Waals surface area contributed by atoms with Crippen LogP contribution in [0.3, 0.4) is 0 Å². The first-order valence-electron chi connectivity index (χ1n) is 6.45. The van der Waals surface area contributed by atoms with Gasteiger partial charge in [-0.1, -0.05) is 42.5 Å². The number of ether oxygens (including phenoxy) is 1. The quantitative estimate of drug-likeness (QED) is 0.795. The third kappa shape index (κ3) is 2.90. The Kier molecular flexibility index (Phi) is 3.61. The second kappa shape index (κ2) is 5.88. The highest BCUT2D eigenvalue weighted by Crippen LogP contribution is 2.24. The van der Waals surface area contributed by atoms with Gasteiger partial charge < -0.3 is 4.74 Å². The molecule has 1 aromatic heterocycles. The minimum atomic E-state index is 0.273. The number of nitriles is 1. The van der Waals surface area contributed by atoms with Gasteiger partial charge in [-0.15, -0.1) is 5.10 Å². The van der Waals surface area contributed by atoms with Crippen molar-refractivity contribution >= 4 is 0 Å². The fraction of sp³-hybridized carbons (Fsp3) is 0.0625. The van der Waals surface area contributed by atoms with E-state index in [1.165, 1.54) is 0 Å². The zero-order valence-corrected chi connectivity index (χ0v) is 11.2. The van der Waals surface area contributed by atoms with Gasteiger partial charge in [-0.25, -0.2) is 0 Å². The highest BCUT2D eigenvalue weighted by molar-refractivity contribution is 5.65. The maximum Gasteiger partial charge on any atom is 0.190 e. The molecule has 102 valence electrons. The number of hydrogen-bond donors (Lipinski definition) is 1. The van der Waals surface area contributed by atoms with Crippen LogP contribution in [0.5, 0.6) is 5.75 Å². The molecule has 0 unspecified atom stereocenters. The molecule has 0 radical (unpaired) electrons. The van der Waals surface area contributed by atoms with Crippen molar-refractivity contribution in [3.63, 3.8) is 0 Å². The van der Waals surface area contributed by atoms with E-state index in [2.05, 4.69) is 15.4 Å². The van der Waals surface area contributed by atoms with Crippen LogP contribution >= 0.6 is 0 Å². The van der Waals surface area contributed by atoms with Crippen molar-refractivity contribution in [2.24, 2.45) is 0 Å². The number of benzene rings is 2. The summed E-state index contributed by atoms with van der Waals surface area (Å²) < 4.78 is 5.76. The van der Waals surface area contributed by atoms with Crippen LogP contribution in [0.25, 0.3) is 11.3 Å². The Bertz CT molecular complexity index is 774. The molecule has 0 amide bonds. The van der Waals surface area contributed by atoms with Crippen LogP contribution in [0.1, 0.15) is 11.3 Å². The Morgan fingerprint density at radius 3 is 2.71 bits per heavy atom. The summed E-state index contributed by atoms with van der Waals surface area (Å²) in [7, 11) is 0. The molecular weight excluding hydrogens is 264 g/mol. The molecule has 0 spiro atoms. The lowest BCUT2D eigenvalue weighted by Crippen LogP contribution is -1.95. The highest BCUT2D eigenvalue weighted by atomic mass is 16.5. The molecule has 0 aliphatic heterocycles. The summed E-state index contributed by atoms with van der Waals surface area (Å²) in [5.41, 5.74) is 2.70. The van der Waals surface area contributed by atoms with Gasteiger partial charge in [0.05, 0.1) is 0 Å². The smallest absolute Gasteiger partial charge is 0.190 e. The van der Waals surface area contributed by atoms with Gasteiger partial charge in [-0.2, -0.15) is 15.6 Å². The summed E-state index contributed by atoms with van der Waals surface area (Å²) in [4.78, 5) is 0. The van der Waals surface area contributed by atoms with E-state index in [1.54, 1.807) is 0 Å². The summed E-state index contributed by atoms with van der Waals surface area (Å²) in [5.74, 6) is 0.725. The van der Waals surface area contributed by atoms with Crippen molar-refractivity contribution in [3.8, 4) is 23.1 Å². The Hall–Kier alpha value is -3.13. The number of aromatic amines is 1. The fourth-order valence-corrected chi connectivity index (χ4v) is 1.98. The molecule has 2 aromatic carbocycles. The Balaban J connectivity index is 1.79. The van der Waals surface area contributed by atoms with Crippen LogP contribution in [0.4, 0.5) is 0 Å². The molecule has 0 bridgehead atoms. The van der Waals surface area contributed by atoms with Crippen molar-refractivity contribution in [2.75, 3.05) is 0 Å². The van der Waals surface area contributed by atoms with Crippen LogP contribution in [0.2, 0.25) is 0 Å². The Morgan fingerprint density at radius 1 is 1.05 bits per heavy atom. The predicted octanol–water partition coefficient (Wildman–Crippen LogP) is 2.92. The number of hydrogen-bond acceptors (Lipinski definition) is 4. The second-order valence-corrected chi connectivity index (χ2v) is 4.43. The monoisotopic (exact) mass is 276 g/mol. The Labute approximate surface area is 121 Å². The molecule has 0 aliphatic carbocycles. The first-order valence-corrected chi connectivity index (χ1v) is 6.45. The minimum absolute atomic E-state index is 0.273. The summed E-state index contributed by atoms with van der Waals surface area (Å²) in [5, 5.41) is 19.2. The molecule has 1 N–H and O–H groups in total.